The minimum atomic E-state index is -0.0188. The van der Waals surface area contributed by atoms with Gasteiger partial charge >= 0.3 is 6.85 Å². The van der Waals surface area contributed by atoms with Gasteiger partial charge in [0, 0.05) is 52.7 Å². The third-order valence-electron chi connectivity index (χ3n) is 9.95. The van der Waals surface area contributed by atoms with Crippen molar-refractivity contribution < 1.29 is 0 Å². The molecule has 0 saturated carbocycles. The Bertz CT molecular complexity index is 2640. The van der Waals surface area contributed by atoms with Crippen LogP contribution in [0, 0.1) is 0 Å². The Kier molecular flexibility index (Phi) is 7.13. The average molecular weight is 665 g/mol. The fourth-order valence-electron chi connectivity index (χ4n) is 7.61. The van der Waals surface area contributed by atoms with Crippen LogP contribution < -0.4 is 10.3 Å². The molecule has 52 heavy (non-hydrogen) atoms. The van der Waals surface area contributed by atoms with Gasteiger partial charge in [0.1, 0.15) is 0 Å². The van der Waals surface area contributed by atoms with Gasteiger partial charge in [0.05, 0.1) is 0 Å². The molecule has 0 spiro atoms. The van der Waals surface area contributed by atoms with Gasteiger partial charge in [-0.05, 0) is 92.6 Å². The van der Waals surface area contributed by atoms with E-state index < -0.39 is 0 Å². The summed E-state index contributed by atoms with van der Waals surface area (Å²) in [5, 5.41) is 2.50. The van der Waals surface area contributed by atoms with Crippen LogP contribution in [0.25, 0.3) is 72.7 Å². The van der Waals surface area contributed by atoms with E-state index >= 15 is 0 Å². The molecule has 5 heterocycles. The zero-order valence-corrected chi connectivity index (χ0v) is 28.0. The first-order valence-corrected chi connectivity index (χ1v) is 17.3. The molecular formula is C45H29BN6. The Hall–Kier alpha value is -6.99. The number of rotatable bonds is 5. The highest BCUT2D eigenvalue weighted by Gasteiger charge is 2.39. The third-order valence-corrected chi connectivity index (χ3v) is 9.95. The highest BCUT2D eigenvalue weighted by atomic mass is 15.1. The molecule has 242 valence electrons. The van der Waals surface area contributed by atoms with E-state index in [1.165, 1.54) is 38.5 Å². The van der Waals surface area contributed by atoms with E-state index in [1.54, 1.807) is 24.8 Å². The molecule has 3 aromatic heterocycles. The number of hydrogen-bond acceptors (Lipinski definition) is 6. The molecule has 0 aliphatic carbocycles. The number of allylic oxidation sites excluding steroid dienone is 2. The molecule has 2 aliphatic heterocycles. The minimum absolute atomic E-state index is 0.0188. The number of hydrogen-bond donors (Lipinski definition) is 0. The lowest BCUT2D eigenvalue weighted by Gasteiger charge is -2.40. The lowest BCUT2D eigenvalue weighted by atomic mass is 9.43. The van der Waals surface area contributed by atoms with Crippen molar-refractivity contribution in [3.63, 3.8) is 0 Å². The first kappa shape index (κ1) is 29.9. The summed E-state index contributed by atoms with van der Waals surface area (Å²) in [6, 6.07) is 47.0. The van der Waals surface area contributed by atoms with E-state index in [2.05, 4.69) is 142 Å². The monoisotopic (exact) mass is 664 g/mol. The van der Waals surface area contributed by atoms with Crippen molar-refractivity contribution in [1.82, 2.24) is 24.9 Å². The first-order valence-electron chi connectivity index (χ1n) is 17.3. The summed E-state index contributed by atoms with van der Waals surface area (Å²) in [5.41, 5.74) is 12.2. The lowest BCUT2D eigenvalue weighted by Crippen LogP contribution is -2.51. The zero-order chi connectivity index (χ0) is 34.4. The van der Waals surface area contributed by atoms with Crippen molar-refractivity contribution in [2.24, 2.45) is 0 Å². The normalized spacial score (nSPS) is 13.0. The SMILES string of the molecule is C1=CN2B(C(c3ccc(-c4nc(-c5cccnc5)nc(-c5cccnc5)n4)cc3-c3ccccc3)=C1)c1ccccc1-c1c2ccc2ccccc12. The van der Waals surface area contributed by atoms with Crippen LogP contribution in [0.4, 0.5) is 5.69 Å². The zero-order valence-electron chi connectivity index (χ0n) is 28.0. The van der Waals surface area contributed by atoms with E-state index in [-0.39, 0.29) is 6.85 Å². The molecule has 8 aromatic rings. The molecule has 2 aliphatic rings. The van der Waals surface area contributed by atoms with Crippen LogP contribution in [-0.4, -0.2) is 31.8 Å². The summed E-state index contributed by atoms with van der Waals surface area (Å²) >= 11 is 0. The maximum atomic E-state index is 5.00. The number of anilines is 1. The third kappa shape index (κ3) is 5.02. The van der Waals surface area contributed by atoms with E-state index in [0.717, 1.165) is 33.4 Å². The van der Waals surface area contributed by atoms with Crippen molar-refractivity contribution in [2.45, 2.75) is 0 Å². The summed E-state index contributed by atoms with van der Waals surface area (Å²) in [6.07, 6.45) is 13.7. The molecule has 0 amide bonds. The van der Waals surface area contributed by atoms with Gasteiger partial charge in [-0.3, -0.25) is 9.97 Å². The second-order valence-corrected chi connectivity index (χ2v) is 13.0. The van der Waals surface area contributed by atoms with Crippen LogP contribution in [0.3, 0.4) is 0 Å². The second-order valence-electron chi connectivity index (χ2n) is 13.0. The lowest BCUT2D eigenvalue weighted by molar-refractivity contribution is 1.07. The Balaban J connectivity index is 1.16. The Morgan fingerprint density at radius 3 is 1.92 bits per heavy atom. The predicted octanol–water partition coefficient (Wildman–Crippen LogP) is 9.32. The predicted molar refractivity (Wildman–Crippen MR) is 212 cm³/mol. The fraction of sp³-hybridized carbons (Fsp3) is 0. The van der Waals surface area contributed by atoms with Gasteiger partial charge < -0.3 is 4.81 Å². The number of nitrogens with zero attached hydrogens (tertiary/aromatic N) is 6. The van der Waals surface area contributed by atoms with E-state index in [1.807, 2.05) is 24.3 Å². The van der Waals surface area contributed by atoms with Crippen LogP contribution in [0.1, 0.15) is 5.56 Å². The Labute approximate surface area is 301 Å². The van der Waals surface area contributed by atoms with Gasteiger partial charge in [-0.1, -0.05) is 103 Å². The largest absolute Gasteiger partial charge is 0.383 e. The molecule has 0 atom stereocenters. The topological polar surface area (TPSA) is 67.7 Å². The molecule has 6 nitrogen and oxygen atoms in total. The fourth-order valence-corrected chi connectivity index (χ4v) is 7.61. The average Bonchev–Trinajstić information content (AvgIpc) is 3.24. The van der Waals surface area contributed by atoms with Crippen LogP contribution >= 0.6 is 0 Å². The number of benzene rings is 5. The van der Waals surface area contributed by atoms with Crippen molar-refractivity contribution in [3.8, 4) is 56.4 Å². The maximum absolute atomic E-state index is 5.00. The van der Waals surface area contributed by atoms with Crippen LogP contribution in [0.2, 0.25) is 0 Å². The van der Waals surface area contributed by atoms with Gasteiger partial charge in [-0.2, -0.15) is 0 Å². The van der Waals surface area contributed by atoms with Crippen molar-refractivity contribution >= 4 is 34.2 Å². The van der Waals surface area contributed by atoms with Gasteiger partial charge in [0.25, 0.3) is 0 Å². The van der Waals surface area contributed by atoms with E-state index in [4.69, 9.17) is 15.0 Å². The maximum Gasteiger partial charge on any atom is 0.328 e. The van der Waals surface area contributed by atoms with Gasteiger partial charge in [-0.15, -0.1) is 0 Å². The highest BCUT2D eigenvalue weighted by molar-refractivity contribution is 6.95. The van der Waals surface area contributed by atoms with Crippen LogP contribution in [0.15, 0.2) is 177 Å². The molecular weight excluding hydrogens is 635 g/mol. The number of fused-ring (bicyclic) bond motifs is 8. The molecule has 7 heteroatoms. The molecule has 0 fully saturated rings. The van der Waals surface area contributed by atoms with Gasteiger partial charge in [0.2, 0.25) is 0 Å². The summed E-state index contributed by atoms with van der Waals surface area (Å²) in [7, 11) is 0. The minimum Gasteiger partial charge on any atom is -0.383 e. The quantitative estimate of drug-likeness (QED) is 0.171. The van der Waals surface area contributed by atoms with Gasteiger partial charge in [0.15, 0.2) is 17.5 Å². The van der Waals surface area contributed by atoms with Crippen molar-refractivity contribution in [1.29, 1.82) is 0 Å². The standard InChI is InChI=1S/C45H29BN6/c1-2-11-30(12-3-1)38-27-32(43-49-44(33-14-8-24-47-28-33)51-45(50-43)34-15-9-25-48-29-34)20-22-36(38)39-19-10-26-52-41-23-21-31-13-4-5-16-35(31)42(41)37-17-6-7-18-40(37)46(39)52/h1-29H. The summed E-state index contributed by atoms with van der Waals surface area (Å²) < 4.78 is 0. The van der Waals surface area contributed by atoms with Crippen LogP contribution in [-0.2, 0) is 0 Å². The first-order chi connectivity index (χ1) is 25.8. The van der Waals surface area contributed by atoms with Crippen molar-refractivity contribution in [3.05, 3.63) is 182 Å². The van der Waals surface area contributed by atoms with Crippen molar-refractivity contribution in [2.75, 3.05) is 4.81 Å². The summed E-state index contributed by atoms with van der Waals surface area (Å²) in [5.74, 6) is 1.70. The molecule has 0 radical (unpaired) electrons. The molecule has 0 bridgehead atoms. The molecule has 0 unspecified atom stereocenters. The second kappa shape index (κ2) is 12.4. The molecule has 0 saturated heterocycles. The van der Waals surface area contributed by atoms with E-state index in [9.17, 15) is 0 Å². The number of pyridine rings is 2. The summed E-state index contributed by atoms with van der Waals surface area (Å²) in [6.45, 7) is -0.0188. The highest BCUT2D eigenvalue weighted by Crippen LogP contribution is 2.45. The Morgan fingerprint density at radius 2 is 1.17 bits per heavy atom. The molecule has 5 aromatic carbocycles. The number of aromatic nitrogens is 5. The van der Waals surface area contributed by atoms with E-state index in [0.29, 0.717) is 17.5 Å². The summed E-state index contributed by atoms with van der Waals surface area (Å²) in [4.78, 5) is 26.0. The molecule has 10 rings (SSSR count). The molecule has 0 N–H and O–H groups in total. The van der Waals surface area contributed by atoms with Crippen LogP contribution in [0.5, 0.6) is 0 Å². The Morgan fingerprint density at radius 1 is 0.500 bits per heavy atom. The van der Waals surface area contributed by atoms with Gasteiger partial charge in [-0.25, -0.2) is 15.0 Å². The smallest absolute Gasteiger partial charge is 0.328 e.